The van der Waals surface area contributed by atoms with Crippen molar-refractivity contribution in [2.75, 3.05) is 0 Å². The summed E-state index contributed by atoms with van der Waals surface area (Å²) in [4.78, 5) is 12.2. The summed E-state index contributed by atoms with van der Waals surface area (Å²) in [6.07, 6.45) is 15.4. The Hall–Kier alpha value is -0.590. The van der Waals surface area contributed by atoms with Crippen molar-refractivity contribution in [3.05, 3.63) is 11.6 Å². The lowest BCUT2D eigenvalue weighted by molar-refractivity contribution is -0.120. The Morgan fingerprint density at radius 2 is 1.79 bits per heavy atom. The molecule has 4 aliphatic carbocycles. The highest BCUT2D eigenvalue weighted by Crippen LogP contribution is 2.68. The quantitative estimate of drug-likeness (QED) is 0.461. The van der Waals surface area contributed by atoms with Crippen molar-refractivity contribution in [2.24, 2.45) is 52.3 Å². The van der Waals surface area contributed by atoms with Crippen LogP contribution in [-0.2, 0) is 4.79 Å². The lowest BCUT2D eigenvalue weighted by atomic mass is 9.44. The van der Waals surface area contributed by atoms with Crippen molar-refractivity contribution in [2.45, 2.75) is 106 Å². The number of fused-ring (bicyclic) bond motifs is 5. The second-order valence-electron chi connectivity index (χ2n) is 12.5. The molecule has 0 radical (unpaired) electrons. The molecule has 3 saturated carbocycles. The van der Waals surface area contributed by atoms with Gasteiger partial charge in [0.1, 0.15) is 0 Å². The van der Waals surface area contributed by atoms with E-state index in [1.165, 1.54) is 63.4 Å². The second kappa shape index (κ2) is 7.83. The first-order valence-corrected chi connectivity index (χ1v) is 12.9. The van der Waals surface area contributed by atoms with Crippen LogP contribution in [0.5, 0.6) is 0 Å². The van der Waals surface area contributed by atoms with Gasteiger partial charge in [0.2, 0.25) is 0 Å². The molecule has 0 saturated heterocycles. The van der Waals surface area contributed by atoms with Crippen LogP contribution in [0.15, 0.2) is 11.6 Å². The summed E-state index contributed by atoms with van der Waals surface area (Å²) in [5, 5.41) is 0. The van der Waals surface area contributed by atoms with Crippen LogP contribution in [0.1, 0.15) is 106 Å². The number of hydrogen-bond acceptors (Lipinski definition) is 1. The molecule has 8 atom stereocenters. The first-order valence-electron chi connectivity index (χ1n) is 12.9. The molecule has 0 unspecified atom stereocenters. The first kappa shape index (κ1) is 21.6. The van der Waals surface area contributed by atoms with Gasteiger partial charge >= 0.3 is 0 Å². The molecule has 0 heterocycles. The topological polar surface area (TPSA) is 17.1 Å². The number of ketones is 1. The Bertz CT molecular complexity index is 659. The third-order valence-electron chi connectivity index (χ3n) is 10.7. The third-order valence-corrected chi connectivity index (χ3v) is 10.7. The molecule has 0 aliphatic heterocycles. The van der Waals surface area contributed by atoms with E-state index in [0.717, 1.165) is 41.9 Å². The van der Waals surface area contributed by atoms with Gasteiger partial charge < -0.3 is 0 Å². The molecule has 0 spiro atoms. The molecule has 164 valence electrons. The van der Waals surface area contributed by atoms with Crippen LogP contribution in [0.4, 0.5) is 0 Å². The van der Waals surface area contributed by atoms with Gasteiger partial charge in [0.05, 0.1) is 0 Å². The lowest BCUT2D eigenvalue weighted by Gasteiger charge is -2.60. The fourth-order valence-corrected chi connectivity index (χ4v) is 8.97. The molecule has 1 heteroatoms. The highest BCUT2D eigenvalue weighted by atomic mass is 16.1. The zero-order chi connectivity index (χ0) is 21.0. The van der Waals surface area contributed by atoms with E-state index in [-0.39, 0.29) is 0 Å². The highest BCUT2D eigenvalue weighted by molar-refractivity contribution is 5.92. The molecule has 1 nitrogen and oxygen atoms in total. The normalized spacial score (nSPS) is 45.4. The molecule has 0 aromatic carbocycles. The number of allylic oxidation sites excluding steroid dienone is 1. The number of rotatable bonds is 5. The van der Waals surface area contributed by atoms with Gasteiger partial charge in [-0.05, 0) is 96.9 Å². The Morgan fingerprint density at radius 1 is 1.03 bits per heavy atom. The number of carbonyl (C=O) groups is 1. The summed E-state index contributed by atoms with van der Waals surface area (Å²) in [6, 6.07) is 0. The zero-order valence-corrected chi connectivity index (χ0v) is 20.1. The van der Waals surface area contributed by atoms with Gasteiger partial charge in [0.15, 0.2) is 5.78 Å². The van der Waals surface area contributed by atoms with E-state index in [9.17, 15) is 4.79 Å². The minimum absolute atomic E-state index is 0.291. The van der Waals surface area contributed by atoms with Crippen molar-refractivity contribution >= 4 is 5.78 Å². The van der Waals surface area contributed by atoms with Crippen molar-refractivity contribution in [3.63, 3.8) is 0 Å². The van der Waals surface area contributed by atoms with Crippen molar-refractivity contribution in [3.8, 4) is 0 Å². The van der Waals surface area contributed by atoms with Crippen LogP contribution in [0.3, 0.4) is 0 Å². The SMILES string of the molecule is CC(C)CCC[C@@H](C)[C@H]1CC[C@H]2[C@@H]3CCC4=CC(=O)C[C@H](C)[C@]4(C)[C@H]3CC[C@]12C. The molecule has 29 heavy (non-hydrogen) atoms. The molecule has 0 aromatic heterocycles. The Balaban J connectivity index is 1.52. The van der Waals surface area contributed by atoms with E-state index < -0.39 is 0 Å². The lowest BCUT2D eigenvalue weighted by Crippen LogP contribution is -2.53. The molecule has 3 fully saturated rings. The summed E-state index contributed by atoms with van der Waals surface area (Å²) < 4.78 is 0. The summed E-state index contributed by atoms with van der Waals surface area (Å²) in [5.74, 6) is 6.25. The first-order chi connectivity index (χ1) is 13.7. The Kier molecular flexibility index (Phi) is 5.84. The molecular weight excluding hydrogens is 352 g/mol. The van der Waals surface area contributed by atoms with E-state index in [1.54, 1.807) is 0 Å². The smallest absolute Gasteiger partial charge is 0.155 e. The fraction of sp³-hybridized carbons (Fsp3) is 0.893. The Morgan fingerprint density at radius 3 is 2.52 bits per heavy atom. The number of carbonyl (C=O) groups excluding carboxylic acids is 1. The van der Waals surface area contributed by atoms with Gasteiger partial charge in [-0.25, -0.2) is 0 Å². The predicted octanol–water partition coefficient (Wildman–Crippen LogP) is 7.84. The van der Waals surface area contributed by atoms with E-state index in [1.807, 2.05) is 0 Å². The van der Waals surface area contributed by atoms with Crippen LogP contribution < -0.4 is 0 Å². The van der Waals surface area contributed by atoms with Crippen LogP contribution in [0.25, 0.3) is 0 Å². The second-order valence-corrected chi connectivity index (χ2v) is 12.5. The summed E-state index contributed by atoms with van der Waals surface area (Å²) in [5.41, 5.74) is 2.38. The molecule has 0 bridgehead atoms. The minimum atomic E-state index is 0.291. The maximum atomic E-state index is 12.2. The van der Waals surface area contributed by atoms with Gasteiger partial charge in [-0.1, -0.05) is 66.4 Å². The van der Waals surface area contributed by atoms with Crippen molar-refractivity contribution in [1.82, 2.24) is 0 Å². The summed E-state index contributed by atoms with van der Waals surface area (Å²) in [7, 11) is 0. The van der Waals surface area contributed by atoms with Crippen molar-refractivity contribution < 1.29 is 4.79 Å². The minimum Gasteiger partial charge on any atom is -0.295 e. The van der Waals surface area contributed by atoms with E-state index >= 15 is 0 Å². The van der Waals surface area contributed by atoms with Gasteiger partial charge in [0, 0.05) is 6.42 Å². The number of hydrogen-bond donors (Lipinski definition) is 0. The average molecular weight is 399 g/mol. The molecule has 0 N–H and O–H groups in total. The van der Waals surface area contributed by atoms with Crippen LogP contribution in [0, 0.1) is 52.3 Å². The van der Waals surface area contributed by atoms with E-state index in [2.05, 4.69) is 47.6 Å². The monoisotopic (exact) mass is 398 g/mol. The van der Waals surface area contributed by atoms with Gasteiger partial charge in [0.25, 0.3) is 0 Å². The van der Waals surface area contributed by atoms with Gasteiger partial charge in [-0.3, -0.25) is 4.79 Å². The van der Waals surface area contributed by atoms with E-state index in [0.29, 0.717) is 22.5 Å². The highest BCUT2D eigenvalue weighted by Gasteiger charge is 2.60. The van der Waals surface area contributed by atoms with Crippen LogP contribution >= 0.6 is 0 Å². The fourth-order valence-electron chi connectivity index (χ4n) is 8.97. The maximum Gasteiger partial charge on any atom is 0.155 e. The van der Waals surface area contributed by atoms with Crippen LogP contribution in [-0.4, -0.2) is 5.78 Å². The molecular formula is C28H46O. The Labute approximate surface area is 180 Å². The van der Waals surface area contributed by atoms with Crippen molar-refractivity contribution in [1.29, 1.82) is 0 Å². The average Bonchev–Trinajstić information content (AvgIpc) is 3.00. The molecule has 4 rings (SSSR count). The standard InChI is InChI=1S/C28H46O/c1-18(2)8-7-9-19(3)24-12-13-25-23-11-10-21-17-22(29)16-20(4)28(21,6)26(23)14-15-27(24,25)5/h17-20,23-26H,7-16H2,1-6H3/t19-,20+,23+,24-,25+,26+,27-,28+/m1/s1. The predicted molar refractivity (Wildman–Crippen MR) is 123 cm³/mol. The maximum absolute atomic E-state index is 12.2. The molecule has 0 amide bonds. The van der Waals surface area contributed by atoms with Crippen LogP contribution in [0.2, 0.25) is 0 Å². The summed E-state index contributed by atoms with van der Waals surface area (Å²) >= 11 is 0. The third kappa shape index (κ3) is 3.47. The zero-order valence-electron chi connectivity index (χ0n) is 20.1. The molecule has 4 aliphatic rings. The largest absolute Gasteiger partial charge is 0.295 e. The summed E-state index contributed by atoms with van der Waals surface area (Å²) in [6.45, 7) is 14.9. The van der Waals surface area contributed by atoms with Gasteiger partial charge in [-0.15, -0.1) is 0 Å². The van der Waals surface area contributed by atoms with E-state index in [4.69, 9.17) is 0 Å². The van der Waals surface area contributed by atoms with Gasteiger partial charge in [-0.2, -0.15) is 0 Å². The molecule has 0 aromatic rings.